The Hall–Kier alpha value is -1.72. The highest BCUT2D eigenvalue weighted by Crippen LogP contribution is 2.11. The van der Waals surface area contributed by atoms with Gasteiger partial charge in [-0.15, -0.1) is 11.3 Å². The Morgan fingerprint density at radius 3 is 3.11 bits per heavy atom. The Kier molecular flexibility index (Phi) is 3.08. The van der Waals surface area contributed by atoms with Crippen LogP contribution in [0.2, 0.25) is 0 Å². The molecule has 5 heteroatoms. The van der Waals surface area contributed by atoms with Crippen molar-refractivity contribution in [2.24, 2.45) is 0 Å². The van der Waals surface area contributed by atoms with Crippen LogP contribution in [0, 0.1) is 6.92 Å². The van der Waals surface area contributed by atoms with E-state index in [4.69, 9.17) is 0 Å². The zero-order valence-corrected chi connectivity index (χ0v) is 10.9. The molecule has 0 aromatic carbocycles. The molecule has 0 amide bonds. The summed E-state index contributed by atoms with van der Waals surface area (Å²) in [5, 5.41) is 5.47. The standard InChI is InChI=1S/C13H14N4S/c1-10-12(7-14-6-11-8-18-9-15-11)17-5-3-2-4-13(17)16-10/h2-5,8-9,14H,6-7H2,1H3. The van der Waals surface area contributed by atoms with E-state index in [0.717, 1.165) is 30.1 Å². The highest BCUT2D eigenvalue weighted by molar-refractivity contribution is 7.07. The average molecular weight is 258 g/mol. The van der Waals surface area contributed by atoms with E-state index in [-0.39, 0.29) is 0 Å². The molecule has 0 spiro atoms. The molecule has 1 N–H and O–H groups in total. The minimum atomic E-state index is 0.795. The number of fused-ring (bicyclic) bond motifs is 1. The van der Waals surface area contributed by atoms with Gasteiger partial charge in [0.15, 0.2) is 0 Å². The monoisotopic (exact) mass is 258 g/mol. The van der Waals surface area contributed by atoms with Gasteiger partial charge in [-0.05, 0) is 19.1 Å². The Morgan fingerprint density at radius 1 is 1.33 bits per heavy atom. The molecule has 0 saturated carbocycles. The molecule has 3 rings (SSSR count). The van der Waals surface area contributed by atoms with Crippen LogP contribution in [0.4, 0.5) is 0 Å². The zero-order valence-electron chi connectivity index (χ0n) is 10.1. The molecule has 0 aliphatic carbocycles. The minimum absolute atomic E-state index is 0.795. The fraction of sp³-hybridized carbons (Fsp3) is 0.231. The van der Waals surface area contributed by atoms with Crippen molar-refractivity contribution in [3.63, 3.8) is 0 Å². The number of thiazole rings is 1. The summed E-state index contributed by atoms with van der Waals surface area (Å²) in [5.41, 5.74) is 6.23. The van der Waals surface area contributed by atoms with E-state index >= 15 is 0 Å². The van der Waals surface area contributed by atoms with Crippen molar-refractivity contribution in [3.05, 3.63) is 52.4 Å². The highest BCUT2D eigenvalue weighted by Gasteiger charge is 2.07. The van der Waals surface area contributed by atoms with Crippen LogP contribution in [0.1, 0.15) is 17.1 Å². The van der Waals surface area contributed by atoms with E-state index in [1.165, 1.54) is 5.69 Å². The Morgan fingerprint density at radius 2 is 2.28 bits per heavy atom. The molecule has 3 heterocycles. The molecule has 3 aromatic rings. The first-order valence-corrected chi connectivity index (χ1v) is 6.79. The van der Waals surface area contributed by atoms with Gasteiger partial charge in [-0.1, -0.05) is 6.07 Å². The number of nitrogens with zero attached hydrogens (tertiary/aromatic N) is 3. The molecule has 0 atom stereocenters. The van der Waals surface area contributed by atoms with E-state index in [1.807, 2.05) is 30.6 Å². The summed E-state index contributed by atoms with van der Waals surface area (Å²) in [5.74, 6) is 0. The maximum Gasteiger partial charge on any atom is 0.137 e. The molecule has 0 radical (unpaired) electrons. The van der Waals surface area contributed by atoms with Crippen molar-refractivity contribution < 1.29 is 0 Å². The van der Waals surface area contributed by atoms with Crippen LogP contribution in [0.25, 0.3) is 5.65 Å². The van der Waals surface area contributed by atoms with Crippen LogP contribution >= 0.6 is 11.3 Å². The van der Waals surface area contributed by atoms with Crippen LogP contribution in [0.15, 0.2) is 35.3 Å². The van der Waals surface area contributed by atoms with Gasteiger partial charge in [0, 0.05) is 24.7 Å². The average Bonchev–Trinajstić information content (AvgIpc) is 2.98. The third kappa shape index (κ3) is 2.14. The van der Waals surface area contributed by atoms with E-state index in [9.17, 15) is 0 Å². The first-order valence-electron chi connectivity index (χ1n) is 5.85. The smallest absolute Gasteiger partial charge is 0.137 e. The van der Waals surface area contributed by atoms with Gasteiger partial charge in [-0.3, -0.25) is 0 Å². The first kappa shape index (κ1) is 11.4. The van der Waals surface area contributed by atoms with Crippen LogP contribution in [-0.2, 0) is 13.1 Å². The highest BCUT2D eigenvalue weighted by atomic mass is 32.1. The lowest BCUT2D eigenvalue weighted by atomic mass is 10.3. The topological polar surface area (TPSA) is 42.2 Å². The second-order valence-electron chi connectivity index (χ2n) is 4.16. The largest absolute Gasteiger partial charge is 0.305 e. The third-order valence-corrected chi connectivity index (χ3v) is 3.55. The molecule has 0 aliphatic heterocycles. The number of imidazole rings is 1. The predicted molar refractivity (Wildman–Crippen MR) is 72.6 cm³/mol. The van der Waals surface area contributed by atoms with Gasteiger partial charge in [0.1, 0.15) is 5.65 Å². The SMILES string of the molecule is Cc1nc2ccccn2c1CNCc1cscn1. The molecule has 0 unspecified atom stereocenters. The van der Waals surface area contributed by atoms with Crippen LogP contribution < -0.4 is 5.32 Å². The van der Waals surface area contributed by atoms with E-state index in [2.05, 4.69) is 31.3 Å². The van der Waals surface area contributed by atoms with Gasteiger partial charge >= 0.3 is 0 Å². The summed E-state index contributed by atoms with van der Waals surface area (Å²) in [6.45, 7) is 3.64. The van der Waals surface area contributed by atoms with Gasteiger partial charge in [-0.25, -0.2) is 9.97 Å². The van der Waals surface area contributed by atoms with E-state index in [1.54, 1.807) is 11.3 Å². The maximum atomic E-state index is 4.54. The van der Waals surface area contributed by atoms with Crippen molar-refractivity contribution >= 4 is 17.0 Å². The Balaban J connectivity index is 1.76. The maximum absolute atomic E-state index is 4.54. The molecular formula is C13H14N4S. The van der Waals surface area contributed by atoms with Gasteiger partial charge in [0.25, 0.3) is 0 Å². The molecular weight excluding hydrogens is 244 g/mol. The molecule has 92 valence electrons. The summed E-state index contributed by atoms with van der Waals surface area (Å²) < 4.78 is 2.13. The molecule has 0 bridgehead atoms. The normalized spacial score (nSPS) is 11.2. The molecule has 0 fully saturated rings. The van der Waals surface area contributed by atoms with Crippen molar-refractivity contribution in [1.82, 2.24) is 19.7 Å². The van der Waals surface area contributed by atoms with Crippen LogP contribution in [0.5, 0.6) is 0 Å². The minimum Gasteiger partial charge on any atom is -0.305 e. The van der Waals surface area contributed by atoms with Gasteiger partial charge in [0.05, 0.1) is 22.6 Å². The number of aromatic nitrogens is 3. The molecule has 0 saturated heterocycles. The zero-order chi connectivity index (χ0) is 12.4. The number of hydrogen-bond donors (Lipinski definition) is 1. The quantitative estimate of drug-likeness (QED) is 0.781. The summed E-state index contributed by atoms with van der Waals surface area (Å²) in [7, 11) is 0. The lowest BCUT2D eigenvalue weighted by Gasteiger charge is -2.04. The van der Waals surface area contributed by atoms with Crippen LogP contribution in [-0.4, -0.2) is 14.4 Å². The summed E-state index contributed by atoms with van der Waals surface area (Å²) in [6.07, 6.45) is 2.05. The Labute approximate surface area is 109 Å². The molecule has 0 aliphatic rings. The predicted octanol–water partition coefficient (Wildman–Crippen LogP) is 2.39. The number of aryl methyl sites for hydroxylation is 1. The van der Waals surface area contributed by atoms with Gasteiger partial charge in [0.2, 0.25) is 0 Å². The summed E-state index contributed by atoms with van der Waals surface area (Å²) in [4.78, 5) is 8.79. The molecule has 18 heavy (non-hydrogen) atoms. The summed E-state index contributed by atoms with van der Waals surface area (Å²) in [6, 6.07) is 6.06. The van der Waals surface area contributed by atoms with E-state index < -0.39 is 0 Å². The second-order valence-corrected chi connectivity index (χ2v) is 4.87. The fourth-order valence-corrected chi connectivity index (χ4v) is 2.57. The first-order chi connectivity index (χ1) is 8.84. The number of hydrogen-bond acceptors (Lipinski definition) is 4. The van der Waals surface area contributed by atoms with E-state index in [0.29, 0.717) is 0 Å². The second kappa shape index (κ2) is 4.88. The van der Waals surface area contributed by atoms with Gasteiger partial charge in [-0.2, -0.15) is 0 Å². The van der Waals surface area contributed by atoms with Crippen molar-refractivity contribution in [1.29, 1.82) is 0 Å². The lowest BCUT2D eigenvalue weighted by molar-refractivity contribution is 0.663. The number of nitrogens with one attached hydrogen (secondary N) is 1. The number of rotatable bonds is 4. The van der Waals surface area contributed by atoms with Crippen molar-refractivity contribution in [3.8, 4) is 0 Å². The van der Waals surface area contributed by atoms with Crippen LogP contribution in [0.3, 0.4) is 0 Å². The number of pyridine rings is 1. The third-order valence-electron chi connectivity index (χ3n) is 2.91. The fourth-order valence-electron chi connectivity index (χ4n) is 2.01. The molecule has 4 nitrogen and oxygen atoms in total. The molecule has 3 aromatic heterocycles. The van der Waals surface area contributed by atoms with Gasteiger partial charge < -0.3 is 9.72 Å². The lowest BCUT2D eigenvalue weighted by Crippen LogP contribution is -2.15. The Bertz CT molecular complexity index is 642. The summed E-state index contributed by atoms with van der Waals surface area (Å²) >= 11 is 1.62. The van der Waals surface area contributed by atoms with Crippen molar-refractivity contribution in [2.75, 3.05) is 0 Å². The van der Waals surface area contributed by atoms with Crippen molar-refractivity contribution in [2.45, 2.75) is 20.0 Å².